The Labute approximate surface area is 66.7 Å². The van der Waals surface area contributed by atoms with Crippen LogP contribution in [0.25, 0.3) is 0 Å². The molecule has 10 heavy (non-hydrogen) atoms. The summed E-state index contributed by atoms with van der Waals surface area (Å²) in [5.74, 6) is 0.574. The molecule has 0 saturated heterocycles. The Morgan fingerprint density at radius 3 is 2.60 bits per heavy atom. The van der Waals surface area contributed by atoms with E-state index in [0.717, 1.165) is 5.36 Å². The average molecular weight is 134 g/mol. The van der Waals surface area contributed by atoms with Crippen LogP contribution in [0.15, 0.2) is 0 Å². The number of rotatable bonds is 5. The van der Waals surface area contributed by atoms with Crippen molar-refractivity contribution in [3.8, 4) is 0 Å². The summed E-state index contributed by atoms with van der Waals surface area (Å²) in [4.78, 5) is 0. The molecular weight excluding hydrogens is 118 g/mol. The first kappa shape index (κ1) is 10.00. The average Bonchev–Trinajstić information content (AvgIpc) is 1.98. The molecule has 0 saturated carbocycles. The molecule has 0 aliphatic heterocycles. The molecule has 0 amide bonds. The van der Waals surface area contributed by atoms with E-state index >= 15 is 0 Å². The van der Waals surface area contributed by atoms with E-state index in [2.05, 4.69) is 13.8 Å². The Bertz CT molecular complexity index is 99.4. The van der Waals surface area contributed by atoms with Crippen LogP contribution in [0.5, 0.6) is 0 Å². The third-order valence-electron chi connectivity index (χ3n) is 1.89. The van der Waals surface area contributed by atoms with Crippen molar-refractivity contribution in [1.29, 1.82) is 0 Å². The van der Waals surface area contributed by atoms with E-state index in [1.165, 1.54) is 19.3 Å². The second-order valence-electron chi connectivity index (χ2n) is 2.83. The van der Waals surface area contributed by atoms with Gasteiger partial charge >= 0.3 is 66.0 Å². The van der Waals surface area contributed by atoms with Crippen LogP contribution < -0.4 is 0 Å². The fourth-order valence-corrected chi connectivity index (χ4v) is 0.961. The fourth-order valence-electron chi connectivity index (χ4n) is 0.961. The van der Waals surface area contributed by atoms with Crippen LogP contribution in [0.3, 0.4) is 0 Å². The van der Waals surface area contributed by atoms with E-state index < -0.39 is 0 Å². The van der Waals surface area contributed by atoms with Gasteiger partial charge in [0, 0.05) is 0 Å². The molecule has 0 aromatic rings. The summed E-state index contributed by atoms with van der Waals surface area (Å²) in [5.41, 5.74) is 0. The first-order valence-electron chi connectivity index (χ1n) is 4.14. The summed E-state index contributed by atoms with van der Waals surface area (Å²) in [6.45, 7) is 6.39. The van der Waals surface area contributed by atoms with Crippen molar-refractivity contribution in [2.75, 3.05) is 0 Å². The first-order chi connectivity index (χ1) is 4.72. The summed E-state index contributed by atoms with van der Waals surface area (Å²) in [5, 5.41) is 1.04. The molecule has 2 heteroatoms. The van der Waals surface area contributed by atoms with Gasteiger partial charge in [0.05, 0.1) is 0 Å². The van der Waals surface area contributed by atoms with Crippen LogP contribution in [0.1, 0.15) is 33.1 Å². The van der Waals surface area contributed by atoms with Gasteiger partial charge in [0.15, 0.2) is 0 Å². The number of hydrogen-bond acceptors (Lipinski definition) is 0. The second kappa shape index (κ2) is 5.76. The van der Waals surface area contributed by atoms with Crippen molar-refractivity contribution in [2.45, 2.75) is 39.9 Å². The topological polar surface area (TPSA) is 0 Å². The molecule has 0 aliphatic carbocycles. The molecule has 1 atom stereocenters. The van der Waals surface area contributed by atoms with Crippen molar-refractivity contribution in [3.63, 3.8) is 0 Å². The Balaban J connectivity index is 3.41. The van der Waals surface area contributed by atoms with Crippen LogP contribution in [-0.4, -0.2) is 20.1 Å². The predicted octanol–water partition coefficient (Wildman–Crippen LogP) is 1.86. The zero-order valence-electron chi connectivity index (χ0n) is 7.35. The van der Waals surface area contributed by atoms with Crippen molar-refractivity contribution in [1.82, 2.24) is 0 Å². The van der Waals surface area contributed by atoms with Crippen molar-refractivity contribution in [3.05, 3.63) is 0 Å². The minimum absolute atomic E-state index is 0.574. The van der Waals surface area contributed by atoms with Crippen molar-refractivity contribution in [2.24, 2.45) is 5.92 Å². The van der Waals surface area contributed by atoms with E-state index in [1.54, 1.807) is 0 Å². The third kappa shape index (κ3) is 3.92. The normalized spacial score (nSPS) is 12.6. The summed E-state index contributed by atoms with van der Waals surface area (Å²) in [7, 11) is 7.72. The van der Waals surface area contributed by atoms with Crippen molar-refractivity contribution >= 4 is 20.1 Å². The van der Waals surface area contributed by atoms with Gasteiger partial charge in [-0.25, -0.2) is 0 Å². The standard InChI is InChI=1S/C8H16B2/c1-4-5-6-7(2)8(9)10-3/h7H,4-6H2,1-3H3/t7-/m0/s1. The van der Waals surface area contributed by atoms with E-state index in [-0.39, 0.29) is 0 Å². The molecule has 0 unspecified atom stereocenters. The van der Waals surface area contributed by atoms with Gasteiger partial charge in [0.2, 0.25) is 0 Å². The fraction of sp³-hybridized carbons (Fsp3) is 0.875. The Morgan fingerprint density at radius 1 is 1.60 bits per heavy atom. The molecule has 0 aromatic carbocycles. The molecule has 0 bridgehead atoms. The van der Waals surface area contributed by atoms with Crippen LogP contribution in [0.4, 0.5) is 0 Å². The van der Waals surface area contributed by atoms with Crippen LogP contribution in [0, 0.1) is 5.92 Å². The number of hydrogen-bond donors (Lipinski definition) is 0. The molecule has 0 N–H and O–H groups in total. The monoisotopic (exact) mass is 134 g/mol. The first-order valence-corrected chi connectivity index (χ1v) is 4.14. The van der Waals surface area contributed by atoms with E-state index in [4.69, 9.17) is 7.49 Å². The maximum absolute atomic E-state index is 5.72. The Morgan fingerprint density at radius 2 is 2.20 bits per heavy atom. The van der Waals surface area contributed by atoms with Gasteiger partial charge in [-0.3, -0.25) is 0 Å². The number of unbranched alkanes of at least 4 members (excludes halogenated alkanes) is 1. The SMILES string of the molecule is [B]=C([B]C)[C@@H](C)CCCC. The zero-order chi connectivity index (χ0) is 7.98. The molecular formula is C8H16B2. The minimum atomic E-state index is 0.574. The van der Waals surface area contributed by atoms with Gasteiger partial charge in [-0.15, -0.1) is 0 Å². The van der Waals surface area contributed by atoms with Gasteiger partial charge in [-0.05, 0) is 0 Å². The summed E-state index contributed by atoms with van der Waals surface area (Å²) >= 11 is 0. The van der Waals surface area contributed by atoms with Crippen molar-refractivity contribution < 1.29 is 0 Å². The van der Waals surface area contributed by atoms with Gasteiger partial charge in [0.25, 0.3) is 0 Å². The van der Waals surface area contributed by atoms with Gasteiger partial charge < -0.3 is 0 Å². The summed E-state index contributed by atoms with van der Waals surface area (Å²) in [6, 6.07) is 0. The summed E-state index contributed by atoms with van der Waals surface area (Å²) in [6.07, 6.45) is 3.78. The van der Waals surface area contributed by atoms with Crippen LogP contribution >= 0.6 is 0 Å². The van der Waals surface area contributed by atoms with Gasteiger partial charge in [0.1, 0.15) is 0 Å². The van der Waals surface area contributed by atoms with E-state index in [9.17, 15) is 0 Å². The van der Waals surface area contributed by atoms with Gasteiger partial charge in [-0.2, -0.15) is 0 Å². The molecule has 0 rings (SSSR count). The molecule has 2 radical (unpaired) electrons. The molecule has 0 nitrogen and oxygen atoms in total. The Kier molecular flexibility index (Phi) is 5.76. The molecule has 54 valence electrons. The predicted molar refractivity (Wildman–Crippen MR) is 51.1 cm³/mol. The molecule has 0 fully saturated rings. The van der Waals surface area contributed by atoms with Crippen LogP contribution in [-0.2, 0) is 0 Å². The Hall–Kier alpha value is -0.000130. The summed E-state index contributed by atoms with van der Waals surface area (Å²) < 4.78 is 0. The molecule has 0 spiro atoms. The quantitative estimate of drug-likeness (QED) is 0.503. The van der Waals surface area contributed by atoms with E-state index in [1.807, 2.05) is 14.1 Å². The zero-order valence-corrected chi connectivity index (χ0v) is 7.35. The molecule has 0 heterocycles. The molecule has 0 aromatic heterocycles. The maximum atomic E-state index is 5.72. The van der Waals surface area contributed by atoms with Crippen LogP contribution in [0.2, 0.25) is 6.82 Å². The molecule has 0 aliphatic rings. The second-order valence-corrected chi connectivity index (χ2v) is 2.83. The van der Waals surface area contributed by atoms with E-state index in [0.29, 0.717) is 5.92 Å². The third-order valence-corrected chi connectivity index (χ3v) is 1.89. The van der Waals surface area contributed by atoms with Gasteiger partial charge in [-0.1, -0.05) is 0 Å².